The van der Waals surface area contributed by atoms with E-state index in [2.05, 4.69) is 25.7 Å². The Bertz CT molecular complexity index is 1530. The molecule has 0 saturated carbocycles. The Morgan fingerprint density at radius 1 is 1.24 bits per heavy atom. The number of anilines is 3. The molecule has 0 radical (unpaired) electrons. The number of benzene rings is 1. The lowest BCUT2D eigenvalue weighted by atomic mass is 9.93. The second-order valence-corrected chi connectivity index (χ2v) is 8.19. The molecule has 0 amide bonds. The average molecular weight is 549 g/mol. The van der Waals surface area contributed by atoms with E-state index in [4.69, 9.17) is 33.1 Å². The van der Waals surface area contributed by atoms with Crippen LogP contribution in [-0.2, 0) is 6.54 Å². The number of nitrogens with zero attached hydrogens (tertiary/aromatic N) is 6. The van der Waals surface area contributed by atoms with Gasteiger partial charge in [0.25, 0.3) is 12.9 Å². The highest BCUT2D eigenvalue weighted by molar-refractivity contribution is 6.32. The Morgan fingerprint density at radius 2 is 1.97 bits per heavy atom. The highest BCUT2D eigenvalue weighted by Gasteiger charge is 2.31. The fourth-order valence-corrected chi connectivity index (χ4v) is 4.32. The number of aromatic nitrogens is 3. The summed E-state index contributed by atoms with van der Waals surface area (Å²) in [6, 6.07) is 5.55. The fraction of sp³-hybridized carbons (Fsp3) is 0.227. The number of rotatable bonds is 6. The van der Waals surface area contributed by atoms with Crippen molar-refractivity contribution in [2.45, 2.75) is 25.4 Å². The van der Waals surface area contributed by atoms with Crippen LogP contribution in [0.3, 0.4) is 0 Å². The Morgan fingerprint density at radius 3 is 2.58 bits per heavy atom. The lowest BCUT2D eigenvalue weighted by Crippen LogP contribution is -2.32. The molecule has 1 unspecified atom stereocenters. The van der Waals surface area contributed by atoms with Crippen LogP contribution in [0, 0.1) is 22.8 Å². The zero-order valence-electron chi connectivity index (χ0n) is 19.3. The van der Waals surface area contributed by atoms with Crippen molar-refractivity contribution >= 4 is 34.9 Å². The lowest BCUT2D eigenvalue weighted by molar-refractivity contribution is 0.139. The number of hydrogen-bond acceptors (Lipinski definition) is 10. The maximum Gasteiger partial charge on any atom is 0.283 e. The van der Waals surface area contributed by atoms with Crippen molar-refractivity contribution in [1.29, 1.82) is 10.5 Å². The smallest absolute Gasteiger partial charge is 0.283 e. The van der Waals surface area contributed by atoms with Crippen molar-refractivity contribution in [2.24, 2.45) is 4.99 Å². The number of nitrogens with two attached hydrogens (primary N) is 2. The molecule has 1 atom stereocenters. The number of methoxy groups -OCH3 is 1. The first-order chi connectivity index (χ1) is 18.1. The van der Waals surface area contributed by atoms with Gasteiger partial charge in [0.15, 0.2) is 6.19 Å². The summed E-state index contributed by atoms with van der Waals surface area (Å²) in [6.07, 6.45) is -4.63. The molecule has 1 aliphatic rings. The molecule has 1 aliphatic heterocycles. The van der Waals surface area contributed by atoms with Gasteiger partial charge in [-0.2, -0.15) is 15.6 Å². The van der Waals surface area contributed by atoms with Gasteiger partial charge < -0.3 is 21.5 Å². The van der Waals surface area contributed by atoms with Crippen LogP contribution in [0.5, 0.6) is 5.75 Å². The zero-order chi connectivity index (χ0) is 27.7. The second kappa shape index (κ2) is 10.3. The van der Waals surface area contributed by atoms with Crippen molar-refractivity contribution in [1.82, 2.24) is 20.1 Å². The van der Waals surface area contributed by atoms with Gasteiger partial charge >= 0.3 is 0 Å². The van der Waals surface area contributed by atoms with Crippen molar-refractivity contribution < 1.29 is 22.3 Å². The molecular formula is C22H17ClF4N10O. The van der Waals surface area contributed by atoms with Gasteiger partial charge in [-0.05, 0) is 17.7 Å². The topological polar surface area (TPSA) is 176 Å². The number of pyridine rings is 1. The lowest BCUT2D eigenvalue weighted by Gasteiger charge is -2.26. The van der Waals surface area contributed by atoms with Crippen LogP contribution >= 0.6 is 11.6 Å². The Hall–Kier alpha value is -4.76. The Balaban J connectivity index is 1.87. The van der Waals surface area contributed by atoms with Gasteiger partial charge in [-0.1, -0.05) is 17.7 Å². The summed E-state index contributed by atoms with van der Waals surface area (Å²) in [4.78, 5) is 8.60. The van der Waals surface area contributed by atoms with Crippen LogP contribution in [0.4, 0.5) is 34.9 Å². The number of halogens is 5. The average Bonchev–Trinajstić information content (AvgIpc) is 3.19. The number of nitrogen functional groups attached to an aromatic ring is 2. The molecule has 0 aliphatic carbocycles. The molecular weight excluding hydrogens is 532 g/mol. The summed E-state index contributed by atoms with van der Waals surface area (Å²) < 4.78 is 60.1. The number of ether oxygens (including phenoxy) is 1. The summed E-state index contributed by atoms with van der Waals surface area (Å²) in [5.74, 6) is 0.218. The van der Waals surface area contributed by atoms with E-state index in [1.54, 1.807) is 12.3 Å². The van der Waals surface area contributed by atoms with Crippen molar-refractivity contribution in [3.8, 4) is 18.0 Å². The van der Waals surface area contributed by atoms with Gasteiger partial charge in [0, 0.05) is 11.1 Å². The number of hydrogen-bond donors (Lipinski definition) is 4. The van der Waals surface area contributed by atoms with Crippen LogP contribution in [-0.4, -0.2) is 27.8 Å². The minimum atomic E-state index is -3.18. The largest absolute Gasteiger partial charge is 0.496 e. The van der Waals surface area contributed by atoms with Crippen LogP contribution in [0.2, 0.25) is 5.02 Å². The third-order valence-electron chi connectivity index (χ3n) is 5.67. The predicted octanol–water partition coefficient (Wildman–Crippen LogP) is 3.84. The molecule has 196 valence electrons. The van der Waals surface area contributed by atoms with Gasteiger partial charge in [0.1, 0.15) is 46.4 Å². The Kier molecular flexibility index (Phi) is 7.14. The number of guanidine groups is 1. The van der Waals surface area contributed by atoms with Gasteiger partial charge in [-0.3, -0.25) is 10.00 Å². The molecule has 2 aromatic heterocycles. The minimum absolute atomic E-state index is 0.00112. The Labute approximate surface area is 217 Å². The summed E-state index contributed by atoms with van der Waals surface area (Å²) in [5, 5.41) is 26.5. The van der Waals surface area contributed by atoms with Crippen LogP contribution in [0.15, 0.2) is 23.2 Å². The monoisotopic (exact) mass is 548 g/mol. The van der Waals surface area contributed by atoms with Crippen molar-refractivity contribution in [3.63, 3.8) is 0 Å². The number of nitrogens with one attached hydrogen (secondary N) is 2. The van der Waals surface area contributed by atoms with Crippen molar-refractivity contribution in [3.05, 3.63) is 56.9 Å². The van der Waals surface area contributed by atoms with E-state index in [1.165, 1.54) is 19.2 Å². The third kappa shape index (κ3) is 4.55. The maximum absolute atomic E-state index is 13.7. The molecule has 4 rings (SSSR count). The van der Waals surface area contributed by atoms with Gasteiger partial charge in [0.05, 0.1) is 24.4 Å². The van der Waals surface area contributed by atoms with E-state index in [0.717, 1.165) is 0 Å². The maximum atomic E-state index is 13.7. The quantitative estimate of drug-likeness (QED) is 0.202. The highest BCUT2D eigenvalue weighted by Crippen LogP contribution is 2.42. The minimum Gasteiger partial charge on any atom is -0.496 e. The summed E-state index contributed by atoms with van der Waals surface area (Å²) >= 11 is 5.78. The number of alkyl halides is 4. The third-order valence-corrected chi connectivity index (χ3v) is 6.05. The van der Waals surface area contributed by atoms with E-state index in [0.29, 0.717) is 10.2 Å². The van der Waals surface area contributed by atoms with E-state index in [-0.39, 0.29) is 45.7 Å². The molecule has 0 bridgehead atoms. The first-order valence-electron chi connectivity index (χ1n) is 10.6. The number of fused-ring (bicyclic) bond motifs is 1. The first kappa shape index (κ1) is 26.3. The molecule has 0 fully saturated rings. The normalized spacial score (nSPS) is 14.4. The predicted molar refractivity (Wildman–Crippen MR) is 129 cm³/mol. The summed E-state index contributed by atoms with van der Waals surface area (Å²) in [7, 11) is 1.34. The highest BCUT2D eigenvalue weighted by atomic mass is 35.5. The number of nitriles is 2. The van der Waals surface area contributed by atoms with E-state index in [9.17, 15) is 22.8 Å². The van der Waals surface area contributed by atoms with E-state index >= 15 is 0 Å². The van der Waals surface area contributed by atoms with Crippen LogP contribution in [0.1, 0.15) is 52.5 Å². The standard InChI is InChI=1S/C22H17ClF4N10O/c1-38-11-3-2-8(4-9(11)6-37-17(19(26)27)13(23)16(36-37)18(24)25)15-12-14(30)10(5-28)20(31)34-21(12)35-22(33-15)32-7-29/h2-4,15,18-19H,6H2,1H3,(H6,30,31,32,33,34,35). The first-order valence-corrected chi connectivity index (χ1v) is 11.0. The van der Waals surface area contributed by atoms with Crippen LogP contribution in [0.25, 0.3) is 0 Å². The molecule has 3 aromatic rings. The zero-order valence-corrected chi connectivity index (χ0v) is 20.1. The van der Waals surface area contributed by atoms with Gasteiger partial charge in [-0.25, -0.2) is 27.5 Å². The molecule has 1 aromatic carbocycles. The fourth-order valence-electron chi connectivity index (χ4n) is 4.02. The summed E-state index contributed by atoms with van der Waals surface area (Å²) in [5.41, 5.74) is 11.1. The molecule has 3 heterocycles. The van der Waals surface area contributed by atoms with E-state index < -0.39 is 41.8 Å². The molecule has 6 N–H and O–H groups in total. The van der Waals surface area contributed by atoms with Gasteiger partial charge in [0.2, 0.25) is 5.96 Å². The van der Waals surface area contributed by atoms with Crippen LogP contribution < -0.4 is 26.8 Å². The SMILES string of the molecule is COc1ccc(C2N=C(NC#N)Nc3nc(N)c(C#N)c(N)c32)cc1Cn1nc(C(F)F)c(Cl)c1C(F)F. The summed E-state index contributed by atoms with van der Waals surface area (Å²) in [6.45, 7) is -0.410. The molecule has 0 saturated heterocycles. The molecule has 38 heavy (non-hydrogen) atoms. The van der Waals surface area contributed by atoms with Gasteiger partial charge in [-0.15, -0.1) is 0 Å². The molecule has 16 heteroatoms. The molecule has 11 nitrogen and oxygen atoms in total. The van der Waals surface area contributed by atoms with Crippen molar-refractivity contribution in [2.75, 3.05) is 23.9 Å². The second-order valence-electron chi connectivity index (χ2n) is 7.82. The number of aliphatic imine (C=N–C) groups is 1. The van der Waals surface area contributed by atoms with E-state index in [1.807, 2.05) is 6.07 Å². The molecule has 0 spiro atoms.